The smallest absolute Gasteiger partial charge is 0.443 e. The fraction of sp³-hybridized carbons (Fsp3) is 0.250. The van der Waals surface area contributed by atoms with Crippen LogP contribution < -0.4 is 57.1 Å². The van der Waals surface area contributed by atoms with Crippen LogP contribution in [0.1, 0.15) is 0 Å². The minimum atomic E-state index is -4.94. The average molecular weight is 188 g/mol. The fourth-order valence-corrected chi connectivity index (χ4v) is 0.693. The van der Waals surface area contributed by atoms with E-state index in [1.165, 1.54) is 13.2 Å². The van der Waals surface area contributed by atoms with Crippen LogP contribution in [0, 0.1) is 0 Å². The monoisotopic (exact) mass is 188 g/mol. The van der Waals surface area contributed by atoms with Crippen molar-refractivity contribution in [1.29, 1.82) is 0 Å². The third kappa shape index (κ3) is 2.90. The Bertz CT molecular complexity index is 233. The molecule has 11 heavy (non-hydrogen) atoms. The van der Waals surface area contributed by atoms with Crippen molar-refractivity contribution >= 4 is 12.7 Å². The molecule has 0 aliphatic heterocycles. The summed E-state index contributed by atoms with van der Waals surface area (Å²) in [5.41, 5.74) is -0.806. The minimum Gasteiger partial charge on any atom is -0.443 e. The van der Waals surface area contributed by atoms with Crippen LogP contribution in [0.4, 0.5) is 12.9 Å². The number of hydrogen-bond donors (Lipinski definition) is 0. The van der Waals surface area contributed by atoms with Gasteiger partial charge in [0.15, 0.2) is 0 Å². The van der Waals surface area contributed by atoms with E-state index in [1.54, 1.807) is 0 Å². The van der Waals surface area contributed by atoms with Gasteiger partial charge in [0, 0.05) is 25.2 Å². The molecule has 0 spiro atoms. The Morgan fingerprint density at radius 3 is 2.18 bits per heavy atom. The van der Waals surface area contributed by atoms with Crippen molar-refractivity contribution in [1.82, 2.24) is 9.55 Å². The molecule has 1 aromatic rings. The van der Waals surface area contributed by atoms with Crippen LogP contribution in [0.25, 0.3) is 0 Å². The summed E-state index contributed by atoms with van der Waals surface area (Å²) in [6.07, 6.45) is 2.40. The van der Waals surface area contributed by atoms with Gasteiger partial charge in [-0.15, -0.1) is 0 Å². The van der Waals surface area contributed by atoms with Gasteiger partial charge in [-0.3, -0.25) is 4.98 Å². The maximum atomic E-state index is 11.9. The Hall–Kier alpha value is 0.701. The van der Waals surface area contributed by atoms with E-state index in [9.17, 15) is 12.9 Å². The van der Waals surface area contributed by atoms with E-state index in [0.29, 0.717) is 0 Å². The first kappa shape index (κ1) is 11.7. The Labute approximate surface area is 105 Å². The van der Waals surface area contributed by atoms with Gasteiger partial charge in [0.05, 0.1) is 0 Å². The molecule has 0 aliphatic rings. The third-order valence-corrected chi connectivity index (χ3v) is 1.15. The van der Waals surface area contributed by atoms with E-state index in [2.05, 4.69) is 4.98 Å². The van der Waals surface area contributed by atoms with Crippen molar-refractivity contribution in [2.45, 2.75) is 0 Å². The molecular formula is C4H5BF3KN2. The maximum Gasteiger partial charge on any atom is 1.00 e. The van der Waals surface area contributed by atoms with Crippen molar-refractivity contribution in [2.75, 3.05) is 0 Å². The molecule has 0 saturated carbocycles. The zero-order valence-corrected chi connectivity index (χ0v) is 9.38. The first-order chi connectivity index (χ1) is 4.52. The molecule has 0 N–H and O–H groups in total. The number of aromatic nitrogens is 2. The number of nitrogens with zero attached hydrogens (tertiary/aromatic N) is 2. The molecule has 0 aliphatic carbocycles. The Morgan fingerprint density at radius 1 is 1.45 bits per heavy atom. The fourth-order valence-electron chi connectivity index (χ4n) is 0.693. The van der Waals surface area contributed by atoms with E-state index in [0.717, 1.165) is 10.8 Å². The average Bonchev–Trinajstić information content (AvgIpc) is 2.11. The molecule has 1 aromatic heterocycles. The number of hydrogen-bond acceptors (Lipinski definition) is 1. The zero-order chi connectivity index (χ0) is 7.78. The van der Waals surface area contributed by atoms with Crippen LogP contribution in [-0.2, 0) is 7.05 Å². The number of imidazole rings is 1. The van der Waals surface area contributed by atoms with Crippen LogP contribution in [0.5, 0.6) is 0 Å². The predicted octanol–water partition coefficient (Wildman–Crippen LogP) is -2.52. The van der Waals surface area contributed by atoms with Crippen LogP contribution >= 0.6 is 0 Å². The molecule has 0 atom stereocenters. The second-order valence-corrected chi connectivity index (χ2v) is 1.97. The van der Waals surface area contributed by atoms with Crippen LogP contribution in [0.2, 0.25) is 0 Å². The summed E-state index contributed by atoms with van der Waals surface area (Å²) in [6.45, 7) is -4.94. The van der Waals surface area contributed by atoms with E-state index in [-0.39, 0.29) is 51.4 Å². The van der Waals surface area contributed by atoms with Gasteiger partial charge in [-0.2, -0.15) is 0 Å². The molecular weight excluding hydrogens is 183 g/mol. The molecule has 0 aromatic carbocycles. The molecule has 0 unspecified atom stereocenters. The quantitative estimate of drug-likeness (QED) is 0.444. The number of halogens is 3. The standard InChI is InChI=1S/C4H5BF3N2.K/c1-10-3-2-9-4(10)5(6,7)8;/h2-3H,1H3;/q-1;+1. The first-order valence-corrected chi connectivity index (χ1v) is 2.69. The zero-order valence-electron chi connectivity index (χ0n) is 6.26. The van der Waals surface area contributed by atoms with Gasteiger partial charge in [-0.25, -0.2) is 0 Å². The summed E-state index contributed by atoms with van der Waals surface area (Å²) >= 11 is 0. The molecule has 1 rings (SSSR count). The first-order valence-electron chi connectivity index (χ1n) is 2.69. The largest absolute Gasteiger partial charge is 1.00 e. The molecule has 0 fully saturated rings. The molecule has 0 saturated heterocycles. The molecule has 1 heterocycles. The SMILES string of the molecule is Cn1ccnc1[B-](F)(F)F.[K+]. The van der Waals surface area contributed by atoms with Crippen molar-refractivity contribution < 1.29 is 64.3 Å². The summed E-state index contributed by atoms with van der Waals surface area (Å²) in [5, 5.41) is 0. The van der Waals surface area contributed by atoms with E-state index in [1.807, 2.05) is 0 Å². The summed E-state index contributed by atoms with van der Waals surface area (Å²) in [7, 11) is 1.32. The van der Waals surface area contributed by atoms with Gasteiger partial charge < -0.3 is 17.5 Å². The maximum absolute atomic E-state index is 11.9. The summed E-state index contributed by atoms with van der Waals surface area (Å²) in [6, 6.07) is 0. The second-order valence-electron chi connectivity index (χ2n) is 1.97. The van der Waals surface area contributed by atoms with Gasteiger partial charge in [0.2, 0.25) is 0 Å². The Kier molecular flexibility index (Phi) is 4.35. The minimum absolute atomic E-state index is 0. The Morgan fingerprint density at radius 2 is 2.00 bits per heavy atom. The second kappa shape index (κ2) is 4.09. The molecule has 0 radical (unpaired) electrons. The van der Waals surface area contributed by atoms with Crippen molar-refractivity contribution in [3.63, 3.8) is 0 Å². The van der Waals surface area contributed by atoms with Crippen molar-refractivity contribution in [2.24, 2.45) is 7.05 Å². The molecule has 7 heteroatoms. The molecule has 2 nitrogen and oxygen atoms in total. The van der Waals surface area contributed by atoms with Gasteiger partial charge in [-0.1, -0.05) is 0 Å². The van der Waals surface area contributed by atoms with Gasteiger partial charge in [-0.05, 0) is 0 Å². The summed E-state index contributed by atoms with van der Waals surface area (Å²) in [4.78, 5) is 3.15. The van der Waals surface area contributed by atoms with Crippen LogP contribution in [0.15, 0.2) is 12.4 Å². The third-order valence-electron chi connectivity index (χ3n) is 1.15. The summed E-state index contributed by atoms with van der Waals surface area (Å²) in [5.74, 6) is 0. The number of aryl methyl sites for hydroxylation is 1. The number of rotatable bonds is 1. The van der Waals surface area contributed by atoms with Crippen molar-refractivity contribution in [3.05, 3.63) is 12.4 Å². The van der Waals surface area contributed by atoms with Crippen LogP contribution in [-0.4, -0.2) is 16.5 Å². The van der Waals surface area contributed by atoms with E-state index in [4.69, 9.17) is 0 Å². The molecule has 56 valence electrons. The predicted molar refractivity (Wildman–Crippen MR) is 31.9 cm³/mol. The molecule has 0 amide bonds. The Balaban J connectivity index is 0.000001000. The normalized spacial score (nSPS) is 10.9. The van der Waals surface area contributed by atoms with E-state index < -0.39 is 12.7 Å². The van der Waals surface area contributed by atoms with Gasteiger partial charge >= 0.3 is 58.4 Å². The van der Waals surface area contributed by atoms with Gasteiger partial charge in [0.25, 0.3) is 0 Å². The summed E-state index contributed by atoms with van der Waals surface area (Å²) < 4.78 is 36.5. The van der Waals surface area contributed by atoms with Gasteiger partial charge in [0.1, 0.15) is 0 Å². The van der Waals surface area contributed by atoms with E-state index >= 15 is 0 Å². The topological polar surface area (TPSA) is 17.8 Å². The van der Waals surface area contributed by atoms with Crippen LogP contribution in [0.3, 0.4) is 0 Å². The molecule has 0 bridgehead atoms. The van der Waals surface area contributed by atoms with Crippen molar-refractivity contribution in [3.8, 4) is 0 Å².